The summed E-state index contributed by atoms with van der Waals surface area (Å²) in [6.07, 6.45) is 7.85. The second kappa shape index (κ2) is 3.76. The molecule has 0 aromatic carbocycles. The molecule has 3 heteroatoms. The number of carbonyl (C=O) groups excluding carboxylic acids is 1. The van der Waals surface area contributed by atoms with Gasteiger partial charge in [-0.1, -0.05) is 35.9 Å². The maximum atomic E-state index is 11.3. The number of ether oxygens (including phenoxy) is 1. The van der Waals surface area contributed by atoms with Crippen LogP contribution in [-0.4, -0.2) is 17.5 Å². The van der Waals surface area contributed by atoms with Gasteiger partial charge in [0.2, 0.25) is 0 Å². The molecule has 0 heterocycles. The van der Waals surface area contributed by atoms with Gasteiger partial charge < -0.3 is 4.74 Å². The first-order valence-corrected chi connectivity index (χ1v) is 4.28. The van der Waals surface area contributed by atoms with E-state index in [0.29, 0.717) is 6.61 Å². The lowest BCUT2D eigenvalue weighted by molar-refractivity contribution is -0.143. The average Bonchev–Trinajstić information content (AvgIpc) is 2.06. The van der Waals surface area contributed by atoms with Crippen LogP contribution >= 0.6 is 11.6 Å². The van der Waals surface area contributed by atoms with Crippen molar-refractivity contribution in [2.24, 2.45) is 0 Å². The lowest BCUT2D eigenvalue weighted by Crippen LogP contribution is -2.31. The van der Waals surface area contributed by atoms with Crippen LogP contribution in [0.15, 0.2) is 24.3 Å². The molecule has 0 N–H and O–H groups in total. The number of esters is 1. The SMILES string of the molecule is CCOC(=O)C1(Cl)C=CCC=C1. The van der Waals surface area contributed by atoms with Crippen LogP contribution in [0.4, 0.5) is 0 Å². The molecular formula is C9H11ClO2. The zero-order valence-corrected chi connectivity index (χ0v) is 7.67. The minimum atomic E-state index is -1.06. The Morgan fingerprint density at radius 1 is 1.58 bits per heavy atom. The van der Waals surface area contributed by atoms with Crippen molar-refractivity contribution < 1.29 is 9.53 Å². The molecule has 0 radical (unpaired) electrons. The Balaban J connectivity index is 2.70. The molecule has 0 fully saturated rings. The normalized spacial score (nSPS) is 19.2. The van der Waals surface area contributed by atoms with Crippen LogP contribution < -0.4 is 0 Å². The maximum Gasteiger partial charge on any atom is 0.335 e. The fourth-order valence-corrected chi connectivity index (χ4v) is 1.22. The fraction of sp³-hybridized carbons (Fsp3) is 0.444. The zero-order valence-electron chi connectivity index (χ0n) is 6.92. The van der Waals surface area contributed by atoms with Gasteiger partial charge in [-0.25, -0.2) is 4.79 Å². The first-order valence-electron chi connectivity index (χ1n) is 3.90. The standard InChI is InChI=1S/C9H11ClO2/c1-2-12-8(11)9(10)6-4-3-5-7-9/h4-7H,2-3H2,1H3. The summed E-state index contributed by atoms with van der Waals surface area (Å²) in [6.45, 7) is 2.11. The van der Waals surface area contributed by atoms with Crippen molar-refractivity contribution >= 4 is 17.6 Å². The quantitative estimate of drug-likeness (QED) is 0.375. The molecule has 0 amide bonds. The summed E-state index contributed by atoms with van der Waals surface area (Å²) in [6, 6.07) is 0. The van der Waals surface area contributed by atoms with Crippen LogP contribution in [0.2, 0.25) is 0 Å². The first-order chi connectivity index (χ1) is 5.69. The smallest absolute Gasteiger partial charge is 0.335 e. The van der Waals surface area contributed by atoms with Gasteiger partial charge in [-0.15, -0.1) is 0 Å². The van der Waals surface area contributed by atoms with Crippen LogP contribution in [0, 0.1) is 0 Å². The molecule has 0 aliphatic heterocycles. The molecule has 2 nitrogen and oxygen atoms in total. The molecule has 0 aromatic rings. The van der Waals surface area contributed by atoms with Gasteiger partial charge in [-0.05, 0) is 13.3 Å². The lowest BCUT2D eigenvalue weighted by atomic mass is 10.0. The summed E-state index contributed by atoms with van der Waals surface area (Å²) in [4.78, 5) is 10.2. The molecule has 0 aromatic heterocycles. The van der Waals surface area contributed by atoms with E-state index in [0.717, 1.165) is 6.42 Å². The van der Waals surface area contributed by atoms with Crippen molar-refractivity contribution in [1.82, 2.24) is 0 Å². The summed E-state index contributed by atoms with van der Waals surface area (Å²) in [7, 11) is 0. The number of hydrogen-bond acceptors (Lipinski definition) is 2. The van der Waals surface area contributed by atoms with Crippen LogP contribution in [0.5, 0.6) is 0 Å². The Labute approximate surface area is 76.9 Å². The second-order valence-corrected chi connectivity index (χ2v) is 3.15. The molecule has 0 saturated heterocycles. The third-order valence-corrected chi connectivity index (χ3v) is 1.99. The average molecular weight is 187 g/mol. The van der Waals surface area contributed by atoms with E-state index in [1.54, 1.807) is 19.1 Å². The molecule has 1 aliphatic carbocycles. The minimum absolute atomic E-state index is 0.356. The molecule has 0 unspecified atom stereocenters. The number of rotatable bonds is 2. The molecular weight excluding hydrogens is 176 g/mol. The van der Waals surface area contributed by atoms with E-state index in [4.69, 9.17) is 16.3 Å². The predicted molar refractivity (Wildman–Crippen MR) is 48.1 cm³/mol. The Bertz CT molecular complexity index is 219. The van der Waals surface area contributed by atoms with E-state index in [1.807, 2.05) is 12.2 Å². The van der Waals surface area contributed by atoms with Crippen LogP contribution in [-0.2, 0) is 9.53 Å². The molecule has 12 heavy (non-hydrogen) atoms. The maximum absolute atomic E-state index is 11.3. The van der Waals surface area contributed by atoms with E-state index in [1.165, 1.54) is 0 Å². The Morgan fingerprint density at radius 3 is 2.67 bits per heavy atom. The second-order valence-electron chi connectivity index (χ2n) is 2.53. The van der Waals surface area contributed by atoms with E-state index in [-0.39, 0.29) is 0 Å². The monoisotopic (exact) mass is 186 g/mol. The summed E-state index contributed by atoms with van der Waals surface area (Å²) in [5.74, 6) is -0.404. The highest BCUT2D eigenvalue weighted by Crippen LogP contribution is 2.24. The van der Waals surface area contributed by atoms with E-state index < -0.39 is 10.8 Å². The first kappa shape index (κ1) is 9.33. The highest BCUT2D eigenvalue weighted by molar-refractivity contribution is 6.37. The number of halogens is 1. The van der Waals surface area contributed by atoms with Crippen molar-refractivity contribution in [2.45, 2.75) is 18.2 Å². The zero-order chi connectivity index (χ0) is 9.03. The third kappa shape index (κ3) is 1.89. The summed E-state index contributed by atoms with van der Waals surface area (Å²) < 4.78 is 4.81. The van der Waals surface area contributed by atoms with Crippen LogP contribution in [0.1, 0.15) is 13.3 Å². The molecule has 1 rings (SSSR count). The van der Waals surface area contributed by atoms with Gasteiger partial charge in [0, 0.05) is 0 Å². The highest BCUT2D eigenvalue weighted by Gasteiger charge is 2.32. The van der Waals surface area contributed by atoms with Crippen LogP contribution in [0.25, 0.3) is 0 Å². The summed E-state index contributed by atoms with van der Waals surface area (Å²) >= 11 is 5.96. The number of hydrogen-bond donors (Lipinski definition) is 0. The molecule has 1 aliphatic rings. The van der Waals surface area contributed by atoms with Gasteiger partial charge in [-0.3, -0.25) is 0 Å². The largest absolute Gasteiger partial charge is 0.464 e. The fourth-order valence-electron chi connectivity index (χ4n) is 0.991. The highest BCUT2D eigenvalue weighted by atomic mass is 35.5. The van der Waals surface area contributed by atoms with E-state index in [9.17, 15) is 4.79 Å². The molecule has 66 valence electrons. The summed E-state index contributed by atoms with van der Waals surface area (Å²) in [5.41, 5.74) is 0. The Morgan fingerprint density at radius 2 is 2.17 bits per heavy atom. The minimum Gasteiger partial charge on any atom is -0.464 e. The number of allylic oxidation sites excluding steroid dienone is 2. The van der Waals surface area contributed by atoms with Crippen molar-refractivity contribution in [3.63, 3.8) is 0 Å². The van der Waals surface area contributed by atoms with Gasteiger partial charge in [0.25, 0.3) is 0 Å². The molecule has 0 spiro atoms. The van der Waals surface area contributed by atoms with Crippen molar-refractivity contribution in [3.05, 3.63) is 24.3 Å². The van der Waals surface area contributed by atoms with E-state index >= 15 is 0 Å². The molecule has 0 bridgehead atoms. The predicted octanol–water partition coefficient (Wildman–Crippen LogP) is 2.04. The van der Waals surface area contributed by atoms with Crippen LogP contribution in [0.3, 0.4) is 0 Å². The third-order valence-electron chi connectivity index (χ3n) is 1.58. The van der Waals surface area contributed by atoms with Gasteiger partial charge in [0.1, 0.15) is 0 Å². The topological polar surface area (TPSA) is 26.3 Å². The number of alkyl halides is 1. The lowest BCUT2D eigenvalue weighted by Gasteiger charge is -2.18. The van der Waals surface area contributed by atoms with Crippen molar-refractivity contribution in [2.75, 3.05) is 6.61 Å². The van der Waals surface area contributed by atoms with Gasteiger partial charge in [0.15, 0.2) is 4.87 Å². The molecule has 0 atom stereocenters. The molecule has 0 saturated carbocycles. The van der Waals surface area contributed by atoms with Gasteiger partial charge in [0.05, 0.1) is 6.61 Å². The van der Waals surface area contributed by atoms with Gasteiger partial charge >= 0.3 is 5.97 Å². The van der Waals surface area contributed by atoms with Crippen molar-refractivity contribution in [3.8, 4) is 0 Å². The Hall–Kier alpha value is -0.760. The Kier molecular flexibility index (Phi) is 2.93. The summed E-state index contributed by atoms with van der Waals surface area (Å²) in [5, 5.41) is 0. The van der Waals surface area contributed by atoms with Gasteiger partial charge in [-0.2, -0.15) is 0 Å². The van der Waals surface area contributed by atoms with E-state index in [2.05, 4.69) is 0 Å². The number of carbonyl (C=O) groups is 1. The van der Waals surface area contributed by atoms with Crippen molar-refractivity contribution in [1.29, 1.82) is 0 Å².